The third-order valence-electron chi connectivity index (χ3n) is 2.46. The molecule has 0 amide bonds. The summed E-state index contributed by atoms with van der Waals surface area (Å²) in [5.41, 5.74) is 0.902. The van der Waals surface area contributed by atoms with E-state index in [1.165, 1.54) is 13.2 Å². The summed E-state index contributed by atoms with van der Waals surface area (Å²) in [7, 11) is 1.52. The van der Waals surface area contributed by atoms with Crippen LogP contribution in [0.1, 0.15) is 20.8 Å². The van der Waals surface area contributed by atoms with Crippen molar-refractivity contribution in [2.45, 2.75) is 0 Å². The van der Waals surface area contributed by atoms with Crippen molar-refractivity contribution in [3.05, 3.63) is 51.7 Å². The number of hydrogen-bond acceptors (Lipinski definition) is 3. The number of rotatable bonds is 4. The molecule has 0 bridgehead atoms. The molecule has 0 atom stereocenters. The minimum Gasteiger partial charge on any atom is -0.497 e. The summed E-state index contributed by atoms with van der Waals surface area (Å²) < 4.78 is 5.03. The average Bonchev–Trinajstić information content (AvgIpc) is 2.89. The maximum Gasteiger partial charge on any atom is 0.336 e. The molecule has 0 aliphatic carbocycles. The normalized spacial score (nSPS) is 10.7. The molecule has 1 aromatic heterocycles. The average molecular weight is 260 g/mol. The number of benzene rings is 1. The lowest BCUT2D eigenvalue weighted by atomic mass is 10.1. The van der Waals surface area contributed by atoms with Crippen molar-refractivity contribution < 1.29 is 14.6 Å². The van der Waals surface area contributed by atoms with E-state index in [0.717, 1.165) is 4.88 Å². The van der Waals surface area contributed by atoms with Crippen LogP contribution in [0.25, 0.3) is 12.2 Å². The molecule has 1 heterocycles. The lowest BCUT2D eigenvalue weighted by Crippen LogP contribution is -2.00. The van der Waals surface area contributed by atoms with Crippen LogP contribution in [0, 0.1) is 0 Å². The van der Waals surface area contributed by atoms with E-state index >= 15 is 0 Å². The second-order valence-corrected chi connectivity index (χ2v) is 4.59. The predicted molar refractivity (Wildman–Crippen MR) is 73.2 cm³/mol. The SMILES string of the molecule is COc1ccc(C=Cc2cccs2)c(C(=O)O)c1. The monoisotopic (exact) mass is 260 g/mol. The molecular weight excluding hydrogens is 248 g/mol. The van der Waals surface area contributed by atoms with Crippen molar-refractivity contribution in [1.29, 1.82) is 0 Å². The second-order valence-electron chi connectivity index (χ2n) is 3.61. The van der Waals surface area contributed by atoms with Gasteiger partial charge in [0, 0.05) is 4.88 Å². The van der Waals surface area contributed by atoms with Gasteiger partial charge in [0.05, 0.1) is 12.7 Å². The molecule has 3 nitrogen and oxygen atoms in total. The standard InChI is InChI=1S/C14H12O3S/c1-17-11-6-4-10(13(9-11)14(15)16)5-7-12-3-2-8-18-12/h2-9H,1H3,(H,15,16). The van der Waals surface area contributed by atoms with E-state index in [1.807, 2.05) is 23.6 Å². The molecule has 0 saturated heterocycles. The lowest BCUT2D eigenvalue weighted by Gasteiger charge is -2.04. The van der Waals surface area contributed by atoms with Gasteiger partial charge in [-0.2, -0.15) is 0 Å². The first-order valence-corrected chi connectivity index (χ1v) is 6.21. The van der Waals surface area contributed by atoms with Gasteiger partial charge in [0.2, 0.25) is 0 Å². The highest BCUT2D eigenvalue weighted by atomic mass is 32.1. The zero-order valence-electron chi connectivity index (χ0n) is 9.79. The van der Waals surface area contributed by atoms with Gasteiger partial charge in [-0.05, 0) is 35.2 Å². The fourth-order valence-electron chi connectivity index (χ4n) is 1.55. The van der Waals surface area contributed by atoms with Gasteiger partial charge in [-0.3, -0.25) is 0 Å². The van der Waals surface area contributed by atoms with Crippen LogP contribution in [0.15, 0.2) is 35.7 Å². The van der Waals surface area contributed by atoms with Crippen LogP contribution in [0.2, 0.25) is 0 Å². The Morgan fingerprint density at radius 3 is 2.78 bits per heavy atom. The zero-order valence-corrected chi connectivity index (χ0v) is 10.6. The highest BCUT2D eigenvalue weighted by Gasteiger charge is 2.09. The van der Waals surface area contributed by atoms with Crippen LogP contribution in [0.4, 0.5) is 0 Å². The van der Waals surface area contributed by atoms with Crippen LogP contribution < -0.4 is 4.74 Å². The highest BCUT2D eigenvalue weighted by molar-refractivity contribution is 7.10. The van der Waals surface area contributed by atoms with Gasteiger partial charge in [-0.1, -0.05) is 18.2 Å². The molecule has 18 heavy (non-hydrogen) atoms. The number of ether oxygens (including phenoxy) is 1. The van der Waals surface area contributed by atoms with Gasteiger partial charge in [-0.15, -0.1) is 11.3 Å². The molecular formula is C14H12O3S. The summed E-state index contributed by atoms with van der Waals surface area (Å²) in [5, 5.41) is 11.1. The smallest absolute Gasteiger partial charge is 0.336 e. The summed E-state index contributed by atoms with van der Waals surface area (Å²) in [5.74, 6) is -0.416. The molecule has 92 valence electrons. The predicted octanol–water partition coefficient (Wildman–Crippen LogP) is 3.63. The van der Waals surface area contributed by atoms with E-state index < -0.39 is 5.97 Å². The first-order valence-electron chi connectivity index (χ1n) is 5.33. The van der Waals surface area contributed by atoms with Crippen LogP contribution in [0.3, 0.4) is 0 Å². The van der Waals surface area contributed by atoms with Gasteiger partial charge in [-0.25, -0.2) is 4.79 Å². The minimum absolute atomic E-state index is 0.238. The number of hydrogen-bond donors (Lipinski definition) is 1. The Balaban J connectivity index is 2.35. The Labute approximate surface area is 109 Å². The maximum atomic E-state index is 11.2. The maximum absolute atomic E-state index is 11.2. The molecule has 0 spiro atoms. The topological polar surface area (TPSA) is 46.5 Å². The highest BCUT2D eigenvalue weighted by Crippen LogP contribution is 2.21. The largest absolute Gasteiger partial charge is 0.497 e. The van der Waals surface area contributed by atoms with Crippen molar-refractivity contribution in [3.8, 4) is 5.75 Å². The Bertz CT molecular complexity index is 571. The van der Waals surface area contributed by atoms with E-state index in [9.17, 15) is 4.79 Å². The van der Waals surface area contributed by atoms with E-state index in [4.69, 9.17) is 9.84 Å². The van der Waals surface area contributed by atoms with Gasteiger partial charge in [0.25, 0.3) is 0 Å². The van der Waals surface area contributed by atoms with Crippen LogP contribution in [-0.4, -0.2) is 18.2 Å². The van der Waals surface area contributed by atoms with Gasteiger partial charge >= 0.3 is 5.97 Å². The minimum atomic E-state index is -0.959. The summed E-state index contributed by atoms with van der Waals surface area (Å²) >= 11 is 1.61. The molecule has 2 aromatic rings. The lowest BCUT2D eigenvalue weighted by molar-refractivity contribution is 0.0696. The molecule has 0 aliphatic heterocycles. The zero-order chi connectivity index (χ0) is 13.0. The molecule has 0 aliphatic rings. The third-order valence-corrected chi connectivity index (χ3v) is 3.30. The van der Waals surface area contributed by atoms with Crippen molar-refractivity contribution in [1.82, 2.24) is 0 Å². The molecule has 1 N–H and O–H groups in total. The van der Waals surface area contributed by atoms with E-state index in [2.05, 4.69) is 0 Å². The number of aromatic carboxylic acids is 1. The van der Waals surface area contributed by atoms with Crippen molar-refractivity contribution in [3.63, 3.8) is 0 Å². The number of carboxylic acid groups (broad SMARTS) is 1. The number of carboxylic acids is 1. The molecule has 4 heteroatoms. The van der Waals surface area contributed by atoms with E-state index in [-0.39, 0.29) is 5.56 Å². The number of methoxy groups -OCH3 is 1. The van der Waals surface area contributed by atoms with Crippen LogP contribution >= 0.6 is 11.3 Å². The summed E-state index contributed by atoms with van der Waals surface area (Å²) in [6.45, 7) is 0. The number of thiophene rings is 1. The van der Waals surface area contributed by atoms with Crippen molar-refractivity contribution in [2.24, 2.45) is 0 Å². The molecule has 2 rings (SSSR count). The van der Waals surface area contributed by atoms with Crippen molar-refractivity contribution >= 4 is 29.5 Å². The van der Waals surface area contributed by atoms with Crippen LogP contribution in [-0.2, 0) is 0 Å². The first kappa shape index (κ1) is 12.4. The summed E-state index contributed by atoms with van der Waals surface area (Å²) in [6, 6.07) is 8.95. The quantitative estimate of drug-likeness (QED) is 0.913. The van der Waals surface area contributed by atoms with E-state index in [0.29, 0.717) is 11.3 Å². The summed E-state index contributed by atoms with van der Waals surface area (Å²) in [6.07, 6.45) is 3.70. The van der Waals surface area contributed by atoms with Gasteiger partial charge in [0.15, 0.2) is 0 Å². The summed E-state index contributed by atoms with van der Waals surface area (Å²) in [4.78, 5) is 12.2. The molecule has 0 radical (unpaired) electrons. The Morgan fingerprint density at radius 1 is 1.33 bits per heavy atom. The van der Waals surface area contributed by atoms with Gasteiger partial charge in [0.1, 0.15) is 5.75 Å². The van der Waals surface area contributed by atoms with Crippen molar-refractivity contribution in [2.75, 3.05) is 7.11 Å². The molecule has 0 fully saturated rings. The molecule has 1 aromatic carbocycles. The number of carbonyl (C=O) groups is 1. The Morgan fingerprint density at radius 2 is 2.17 bits per heavy atom. The van der Waals surface area contributed by atoms with Gasteiger partial charge < -0.3 is 9.84 Å². The Hall–Kier alpha value is -2.07. The fourth-order valence-corrected chi connectivity index (χ4v) is 2.17. The molecule has 0 saturated carbocycles. The second kappa shape index (κ2) is 5.51. The third kappa shape index (κ3) is 2.78. The van der Waals surface area contributed by atoms with E-state index in [1.54, 1.807) is 29.5 Å². The first-order chi connectivity index (χ1) is 8.70. The molecule has 0 unspecified atom stereocenters. The Kier molecular flexibility index (Phi) is 3.79. The fraction of sp³-hybridized carbons (Fsp3) is 0.0714. The van der Waals surface area contributed by atoms with Crippen LogP contribution in [0.5, 0.6) is 5.75 Å².